The number of ether oxygens (including phenoxy) is 2. The monoisotopic (exact) mass is 553 g/mol. The molecule has 0 aliphatic rings. The van der Waals surface area contributed by atoms with E-state index in [0.29, 0.717) is 11.4 Å². The highest BCUT2D eigenvalue weighted by atomic mass is 32.2. The molecule has 0 unspecified atom stereocenters. The lowest BCUT2D eigenvalue weighted by atomic mass is 10.1. The first-order chi connectivity index (χ1) is 18.5. The number of benzene rings is 3. The van der Waals surface area contributed by atoms with E-state index in [4.69, 9.17) is 9.47 Å². The van der Waals surface area contributed by atoms with E-state index in [2.05, 4.69) is 5.32 Å². The zero-order chi connectivity index (χ0) is 28.7. The summed E-state index contributed by atoms with van der Waals surface area (Å²) in [7, 11) is 0.133. The van der Waals surface area contributed by atoms with Crippen molar-refractivity contribution in [1.82, 2.24) is 10.2 Å². The predicted octanol–water partition coefficient (Wildman–Crippen LogP) is 3.68. The van der Waals surface area contributed by atoms with Gasteiger partial charge in [0.1, 0.15) is 12.6 Å². The highest BCUT2D eigenvalue weighted by Crippen LogP contribution is 2.32. The number of methoxy groups -OCH3 is 2. The average Bonchev–Trinajstić information content (AvgIpc) is 2.94. The number of rotatable bonds is 11. The van der Waals surface area contributed by atoms with E-state index in [1.807, 2.05) is 38.1 Å². The molecule has 1 atom stereocenters. The predicted molar refractivity (Wildman–Crippen MR) is 151 cm³/mol. The maximum absolute atomic E-state index is 14.0. The Morgan fingerprint density at radius 2 is 1.44 bits per heavy atom. The molecule has 1 N–H and O–H groups in total. The fourth-order valence-corrected chi connectivity index (χ4v) is 5.46. The number of nitrogens with one attached hydrogen (secondary N) is 1. The lowest BCUT2D eigenvalue weighted by Gasteiger charge is -2.32. The summed E-state index contributed by atoms with van der Waals surface area (Å²) < 4.78 is 39.6. The van der Waals surface area contributed by atoms with Crippen LogP contribution in [0.2, 0.25) is 0 Å². The maximum atomic E-state index is 14.0. The Morgan fingerprint density at radius 3 is 1.97 bits per heavy atom. The number of hydrogen-bond acceptors (Lipinski definition) is 6. The number of hydrogen-bond donors (Lipinski definition) is 1. The van der Waals surface area contributed by atoms with Crippen molar-refractivity contribution in [1.29, 1.82) is 0 Å². The van der Waals surface area contributed by atoms with Crippen molar-refractivity contribution >= 4 is 27.5 Å². The molecule has 0 spiro atoms. The standard InChI is InChI=1S/C29H35N3O6S/c1-20-7-11-23(12-8-20)18-31(22(3)29(34)30-4)28(33)19-32(24-13-9-21(2)10-14-24)39(35,36)25-15-16-26(37-5)27(17-25)38-6/h7-17,22H,18-19H2,1-6H3,(H,30,34)/t22-/m0/s1. The normalized spacial score (nSPS) is 11.8. The Kier molecular flexibility index (Phi) is 9.58. The van der Waals surface area contributed by atoms with E-state index in [0.717, 1.165) is 21.0 Å². The number of likely N-dealkylation sites (N-methyl/N-ethyl adjacent to an activating group) is 1. The molecule has 10 heteroatoms. The van der Waals surface area contributed by atoms with Crippen molar-refractivity contribution in [3.63, 3.8) is 0 Å². The first-order valence-electron chi connectivity index (χ1n) is 12.4. The van der Waals surface area contributed by atoms with Crippen LogP contribution in [0.15, 0.2) is 71.6 Å². The van der Waals surface area contributed by atoms with Gasteiger partial charge in [-0.1, -0.05) is 47.5 Å². The number of amides is 2. The van der Waals surface area contributed by atoms with E-state index in [1.165, 1.54) is 44.4 Å². The molecule has 9 nitrogen and oxygen atoms in total. The van der Waals surface area contributed by atoms with Crippen molar-refractivity contribution in [3.8, 4) is 11.5 Å². The maximum Gasteiger partial charge on any atom is 0.264 e. The van der Waals surface area contributed by atoms with Crippen LogP contribution in [0.1, 0.15) is 23.6 Å². The summed E-state index contributed by atoms with van der Waals surface area (Å²) in [5.74, 6) is -0.280. The van der Waals surface area contributed by atoms with E-state index in [-0.39, 0.29) is 23.1 Å². The summed E-state index contributed by atoms with van der Waals surface area (Å²) in [5.41, 5.74) is 3.12. The van der Waals surface area contributed by atoms with Gasteiger partial charge < -0.3 is 19.7 Å². The summed E-state index contributed by atoms with van der Waals surface area (Å²) in [6.45, 7) is 5.07. The number of anilines is 1. The van der Waals surface area contributed by atoms with Gasteiger partial charge >= 0.3 is 0 Å². The fourth-order valence-electron chi connectivity index (χ4n) is 4.03. The van der Waals surface area contributed by atoms with Crippen LogP contribution in [0, 0.1) is 13.8 Å². The SMILES string of the molecule is CNC(=O)[C@H](C)N(Cc1ccc(C)cc1)C(=O)CN(c1ccc(C)cc1)S(=O)(=O)c1ccc(OC)c(OC)c1. The molecule has 0 aromatic heterocycles. The third-order valence-corrected chi connectivity index (χ3v) is 8.20. The van der Waals surface area contributed by atoms with Gasteiger partial charge in [-0.2, -0.15) is 0 Å². The van der Waals surface area contributed by atoms with Crippen LogP contribution < -0.4 is 19.1 Å². The van der Waals surface area contributed by atoms with Crippen molar-refractivity contribution in [2.75, 3.05) is 32.1 Å². The number of aryl methyl sites for hydroxylation is 2. The summed E-state index contributed by atoms with van der Waals surface area (Å²) in [4.78, 5) is 27.7. The summed E-state index contributed by atoms with van der Waals surface area (Å²) >= 11 is 0. The van der Waals surface area contributed by atoms with Crippen molar-refractivity contribution in [2.45, 2.75) is 38.3 Å². The second kappa shape index (κ2) is 12.7. The van der Waals surface area contributed by atoms with Gasteiger partial charge in [0, 0.05) is 19.7 Å². The Labute approximate surface area is 230 Å². The molecule has 3 rings (SSSR count). The highest BCUT2D eigenvalue weighted by Gasteiger charge is 2.32. The van der Waals surface area contributed by atoms with Crippen molar-refractivity contribution < 1.29 is 27.5 Å². The molecule has 0 aliphatic heterocycles. The van der Waals surface area contributed by atoms with Gasteiger partial charge in [0.15, 0.2) is 11.5 Å². The van der Waals surface area contributed by atoms with E-state index < -0.39 is 28.5 Å². The van der Waals surface area contributed by atoms with Crippen molar-refractivity contribution in [2.24, 2.45) is 0 Å². The molecule has 3 aromatic carbocycles. The van der Waals surface area contributed by atoms with Crippen LogP contribution in [0.5, 0.6) is 11.5 Å². The van der Waals surface area contributed by atoms with Crippen LogP contribution >= 0.6 is 0 Å². The second-order valence-corrected chi connectivity index (χ2v) is 11.0. The van der Waals surface area contributed by atoms with E-state index in [9.17, 15) is 18.0 Å². The molecule has 0 saturated heterocycles. The average molecular weight is 554 g/mol. The van der Waals surface area contributed by atoms with Crippen LogP contribution in [-0.4, -0.2) is 59.0 Å². The Bertz CT molecular complexity index is 1410. The minimum Gasteiger partial charge on any atom is -0.493 e. The first-order valence-corrected chi connectivity index (χ1v) is 13.8. The fraction of sp³-hybridized carbons (Fsp3) is 0.310. The van der Waals surface area contributed by atoms with Gasteiger partial charge in [-0.05, 0) is 50.6 Å². The number of carbonyl (C=O) groups is 2. The minimum atomic E-state index is -4.23. The molecule has 0 radical (unpaired) electrons. The lowest BCUT2D eigenvalue weighted by Crippen LogP contribution is -2.50. The largest absolute Gasteiger partial charge is 0.493 e. The molecule has 0 heterocycles. The Morgan fingerprint density at radius 1 is 0.872 bits per heavy atom. The van der Waals surface area contributed by atoms with Crippen LogP contribution in [0.4, 0.5) is 5.69 Å². The third kappa shape index (κ3) is 6.88. The zero-order valence-electron chi connectivity index (χ0n) is 23.1. The van der Waals surface area contributed by atoms with Crippen LogP contribution in [-0.2, 0) is 26.2 Å². The molecular formula is C29H35N3O6S. The topological polar surface area (TPSA) is 105 Å². The molecule has 0 fully saturated rings. The molecule has 3 aromatic rings. The van der Waals surface area contributed by atoms with Gasteiger partial charge in [0.25, 0.3) is 10.0 Å². The lowest BCUT2D eigenvalue weighted by molar-refractivity contribution is -0.139. The first kappa shape index (κ1) is 29.5. The molecule has 2 amide bonds. The smallest absolute Gasteiger partial charge is 0.264 e. The third-order valence-electron chi connectivity index (χ3n) is 6.43. The second-order valence-electron chi connectivity index (χ2n) is 9.16. The Balaban J connectivity index is 2.06. The summed E-state index contributed by atoms with van der Waals surface area (Å²) in [5, 5.41) is 2.58. The number of sulfonamides is 1. The minimum absolute atomic E-state index is 0.0713. The van der Waals surface area contributed by atoms with Gasteiger partial charge in [-0.15, -0.1) is 0 Å². The van der Waals surface area contributed by atoms with Crippen LogP contribution in [0.3, 0.4) is 0 Å². The van der Waals surface area contributed by atoms with Gasteiger partial charge in [0.2, 0.25) is 11.8 Å². The van der Waals surface area contributed by atoms with Crippen LogP contribution in [0.25, 0.3) is 0 Å². The van der Waals surface area contributed by atoms with E-state index >= 15 is 0 Å². The van der Waals surface area contributed by atoms with Gasteiger partial charge in [-0.25, -0.2) is 8.42 Å². The highest BCUT2D eigenvalue weighted by molar-refractivity contribution is 7.92. The molecule has 0 bridgehead atoms. The van der Waals surface area contributed by atoms with E-state index in [1.54, 1.807) is 31.2 Å². The molecule has 39 heavy (non-hydrogen) atoms. The quantitative estimate of drug-likeness (QED) is 0.389. The van der Waals surface area contributed by atoms with Gasteiger partial charge in [-0.3, -0.25) is 13.9 Å². The summed E-state index contributed by atoms with van der Waals surface area (Å²) in [6, 6.07) is 17.9. The molecular weight excluding hydrogens is 518 g/mol. The van der Waals surface area contributed by atoms with Gasteiger partial charge in [0.05, 0.1) is 24.8 Å². The molecule has 208 valence electrons. The number of nitrogens with zero attached hydrogens (tertiary/aromatic N) is 2. The Hall–Kier alpha value is -4.05. The summed E-state index contributed by atoms with van der Waals surface area (Å²) in [6.07, 6.45) is 0. The number of carbonyl (C=O) groups excluding carboxylic acids is 2. The van der Waals surface area contributed by atoms with Crippen molar-refractivity contribution in [3.05, 3.63) is 83.4 Å². The zero-order valence-corrected chi connectivity index (χ0v) is 23.9. The molecule has 0 saturated carbocycles. The molecule has 0 aliphatic carbocycles.